The summed E-state index contributed by atoms with van der Waals surface area (Å²) in [7, 11) is 0. The highest BCUT2D eigenvalue weighted by atomic mass is 16.2. The van der Waals surface area contributed by atoms with Crippen molar-refractivity contribution in [2.24, 2.45) is 0 Å². The Balaban J connectivity index is 1.45. The number of aryl methyl sites for hydroxylation is 1. The Morgan fingerprint density at radius 1 is 1.03 bits per heavy atom. The van der Waals surface area contributed by atoms with Crippen LogP contribution in [0.1, 0.15) is 18.1 Å². The molecule has 1 fully saturated rings. The number of amides is 2. The molecule has 0 aromatic heterocycles. The third-order valence-corrected chi connectivity index (χ3v) is 5.67. The van der Waals surface area contributed by atoms with Gasteiger partial charge in [0.1, 0.15) is 0 Å². The quantitative estimate of drug-likeness (QED) is 0.614. The van der Waals surface area contributed by atoms with E-state index in [0.717, 1.165) is 23.2 Å². The van der Waals surface area contributed by atoms with Gasteiger partial charge in [0, 0.05) is 38.4 Å². The van der Waals surface area contributed by atoms with E-state index in [1.165, 1.54) is 0 Å². The van der Waals surface area contributed by atoms with Crippen LogP contribution in [-0.2, 0) is 22.6 Å². The zero-order valence-electron chi connectivity index (χ0n) is 18.7. The number of nitrogens with one attached hydrogen (secondary N) is 1. The highest BCUT2D eigenvalue weighted by molar-refractivity contribution is 5.93. The topological polar surface area (TPSA) is 79.7 Å². The fraction of sp³-hybridized carbons (Fsp3) is 0.400. The van der Waals surface area contributed by atoms with Gasteiger partial charge in [-0.1, -0.05) is 55.5 Å². The predicted octanol–water partition coefficient (Wildman–Crippen LogP) is 2.36. The molecule has 1 saturated heterocycles. The van der Waals surface area contributed by atoms with Gasteiger partial charge in [-0.25, -0.2) is 0 Å². The van der Waals surface area contributed by atoms with Gasteiger partial charge in [0.15, 0.2) is 0 Å². The summed E-state index contributed by atoms with van der Waals surface area (Å²) in [5.74, 6) is -0.00844. The minimum Gasteiger partial charge on any atom is -0.339 e. The average molecular weight is 434 g/mol. The van der Waals surface area contributed by atoms with Crippen molar-refractivity contribution in [3.63, 3.8) is 0 Å². The van der Waals surface area contributed by atoms with Crippen LogP contribution >= 0.6 is 0 Å². The van der Waals surface area contributed by atoms with Gasteiger partial charge in [-0.2, -0.15) is 5.26 Å². The molecule has 0 radical (unpaired) electrons. The lowest BCUT2D eigenvalue weighted by atomic mass is 10.1. The molecule has 0 aliphatic carbocycles. The van der Waals surface area contributed by atoms with Crippen LogP contribution < -0.4 is 5.32 Å². The standard InChI is InChI=1S/C25H31N5O2/c1-2-22-10-6-7-11-23(22)27-24(31)19-28-14-16-30(17-15-28)25(32)20-29(13-12-26)18-21-8-4-3-5-9-21/h3-11H,2,13-20H2,1H3,(H,27,31). The summed E-state index contributed by atoms with van der Waals surface area (Å²) in [4.78, 5) is 31.0. The first kappa shape index (κ1) is 23.5. The fourth-order valence-electron chi connectivity index (χ4n) is 3.90. The molecule has 0 unspecified atom stereocenters. The van der Waals surface area contributed by atoms with Crippen molar-refractivity contribution < 1.29 is 9.59 Å². The van der Waals surface area contributed by atoms with Crippen LogP contribution in [0.2, 0.25) is 0 Å². The van der Waals surface area contributed by atoms with Gasteiger partial charge < -0.3 is 10.2 Å². The second kappa shape index (κ2) is 12.0. The summed E-state index contributed by atoms with van der Waals surface area (Å²) in [6, 6.07) is 19.9. The first-order valence-corrected chi connectivity index (χ1v) is 11.1. The van der Waals surface area contributed by atoms with Crippen molar-refractivity contribution in [3.05, 3.63) is 65.7 Å². The number of nitriles is 1. The van der Waals surface area contributed by atoms with E-state index >= 15 is 0 Å². The molecule has 0 atom stereocenters. The average Bonchev–Trinajstić information content (AvgIpc) is 2.80. The summed E-state index contributed by atoms with van der Waals surface area (Å²) in [5, 5.41) is 12.1. The van der Waals surface area contributed by atoms with Crippen molar-refractivity contribution in [2.45, 2.75) is 19.9 Å². The monoisotopic (exact) mass is 433 g/mol. The normalized spacial score (nSPS) is 14.2. The zero-order valence-corrected chi connectivity index (χ0v) is 18.7. The van der Waals surface area contributed by atoms with E-state index in [1.807, 2.05) is 64.4 Å². The maximum Gasteiger partial charge on any atom is 0.238 e. The molecule has 1 N–H and O–H groups in total. The minimum atomic E-state index is -0.0336. The van der Waals surface area contributed by atoms with Gasteiger partial charge >= 0.3 is 0 Å². The van der Waals surface area contributed by atoms with Gasteiger partial charge in [-0.05, 0) is 23.6 Å². The summed E-state index contributed by atoms with van der Waals surface area (Å²) in [5.41, 5.74) is 3.06. The Morgan fingerprint density at radius 3 is 2.41 bits per heavy atom. The molecule has 2 aromatic carbocycles. The van der Waals surface area contributed by atoms with Crippen molar-refractivity contribution >= 4 is 17.5 Å². The van der Waals surface area contributed by atoms with Gasteiger partial charge in [-0.3, -0.25) is 19.4 Å². The Labute approximate surface area is 190 Å². The van der Waals surface area contributed by atoms with Gasteiger partial charge in [0.05, 0.1) is 25.7 Å². The lowest BCUT2D eigenvalue weighted by molar-refractivity contribution is -0.134. The largest absolute Gasteiger partial charge is 0.339 e. The number of hydrogen-bond donors (Lipinski definition) is 1. The smallest absolute Gasteiger partial charge is 0.238 e. The second-order valence-corrected chi connectivity index (χ2v) is 8.00. The van der Waals surface area contributed by atoms with E-state index in [0.29, 0.717) is 39.3 Å². The molecule has 3 rings (SSSR count). The summed E-state index contributed by atoms with van der Waals surface area (Å²) in [6.07, 6.45) is 0.865. The third kappa shape index (κ3) is 6.91. The predicted molar refractivity (Wildman–Crippen MR) is 125 cm³/mol. The van der Waals surface area contributed by atoms with Gasteiger partial charge in [0.2, 0.25) is 11.8 Å². The van der Waals surface area contributed by atoms with Crippen molar-refractivity contribution in [3.8, 4) is 6.07 Å². The summed E-state index contributed by atoms with van der Waals surface area (Å²) < 4.78 is 0. The van der Waals surface area contributed by atoms with Crippen LogP contribution in [0.4, 0.5) is 5.69 Å². The van der Waals surface area contributed by atoms with Crippen LogP contribution in [0.15, 0.2) is 54.6 Å². The second-order valence-electron chi connectivity index (χ2n) is 8.00. The van der Waals surface area contributed by atoms with E-state index in [1.54, 1.807) is 0 Å². The molecule has 1 aliphatic rings. The molecule has 1 aliphatic heterocycles. The summed E-state index contributed by atoms with van der Waals surface area (Å²) in [6.45, 7) is 5.87. The van der Waals surface area contributed by atoms with Crippen LogP contribution in [0.5, 0.6) is 0 Å². The Kier molecular flexibility index (Phi) is 8.79. The van der Waals surface area contributed by atoms with Crippen LogP contribution in [0, 0.1) is 11.3 Å². The Bertz CT molecular complexity index is 933. The van der Waals surface area contributed by atoms with Gasteiger partial charge in [0.25, 0.3) is 0 Å². The molecule has 32 heavy (non-hydrogen) atoms. The molecule has 7 heteroatoms. The first-order chi connectivity index (χ1) is 15.6. The number of anilines is 1. The van der Waals surface area contributed by atoms with Crippen molar-refractivity contribution in [1.82, 2.24) is 14.7 Å². The van der Waals surface area contributed by atoms with E-state index < -0.39 is 0 Å². The molecular formula is C25H31N5O2. The molecule has 0 saturated carbocycles. The molecule has 7 nitrogen and oxygen atoms in total. The van der Waals surface area contributed by atoms with Crippen LogP contribution in [0.25, 0.3) is 0 Å². The number of para-hydroxylation sites is 1. The summed E-state index contributed by atoms with van der Waals surface area (Å²) >= 11 is 0. The number of carbonyl (C=O) groups excluding carboxylic acids is 2. The molecular weight excluding hydrogens is 402 g/mol. The number of hydrogen-bond acceptors (Lipinski definition) is 5. The number of carbonyl (C=O) groups is 2. The van der Waals surface area contributed by atoms with Gasteiger partial charge in [-0.15, -0.1) is 0 Å². The number of benzene rings is 2. The first-order valence-electron chi connectivity index (χ1n) is 11.1. The molecule has 0 spiro atoms. The van der Waals surface area contributed by atoms with Crippen molar-refractivity contribution in [1.29, 1.82) is 5.26 Å². The fourth-order valence-corrected chi connectivity index (χ4v) is 3.90. The molecule has 2 aromatic rings. The number of rotatable bonds is 9. The maximum absolute atomic E-state index is 12.8. The third-order valence-electron chi connectivity index (χ3n) is 5.67. The molecule has 2 amide bonds. The Morgan fingerprint density at radius 2 is 1.72 bits per heavy atom. The minimum absolute atomic E-state index is 0.0251. The maximum atomic E-state index is 12.8. The van der Waals surface area contributed by atoms with E-state index in [4.69, 9.17) is 5.26 Å². The number of piperazine rings is 1. The van der Waals surface area contributed by atoms with Crippen LogP contribution in [-0.4, -0.2) is 72.3 Å². The Hall–Kier alpha value is -3.21. The molecule has 0 bridgehead atoms. The highest BCUT2D eigenvalue weighted by Gasteiger charge is 2.24. The van der Waals surface area contributed by atoms with Crippen molar-refractivity contribution in [2.75, 3.05) is 51.1 Å². The lowest BCUT2D eigenvalue weighted by Crippen LogP contribution is -2.52. The van der Waals surface area contributed by atoms with E-state index in [-0.39, 0.29) is 24.9 Å². The highest BCUT2D eigenvalue weighted by Crippen LogP contribution is 2.15. The lowest BCUT2D eigenvalue weighted by Gasteiger charge is -2.35. The molecule has 168 valence electrons. The van der Waals surface area contributed by atoms with E-state index in [9.17, 15) is 9.59 Å². The molecule has 1 heterocycles. The van der Waals surface area contributed by atoms with E-state index in [2.05, 4.69) is 23.2 Å². The van der Waals surface area contributed by atoms with Crippen LogP contribution in [0.3, 0.4) is 0 Å². The zero-order chi connectivity index (χ0) is 22.8. The number of nitrogens with zero attached hydrogens (tertiary/aromatic N) is 4. The SMILES string of the molecule is CCc1ccccc1NC(=O)CN1CCN(C(=O)CN(CC#N)Cc2ccccc2)CC1.